The molecule has 4 aromatic carbocycles. The highest BCUT2D eigenvalue weighted by atomic mass is 19.1. The highest BCUT2D eigenvalue weighted by molar-refractivity contribution is 6.51. The van der Waals surface area contributed by atoms with Crippen molar-refractivity contribution in [1.29, 1.82) is 0 Å². The number of carbonyl (C=O) groups excluding carboxylic acids is 2. The van der Waals surface area contributed by atoms with Gasteiger partial charge in [-0.2, -0.15) is 0 Å². The molecule has 5 heteroatoms. The fourth-order valence-electron chi connectivity index (χ4n) is 4.25. The Morgan fingerprint density at radius 2 is 1.50 bits per heavy atom. The van der Waals surface area contributed by atoms with E-state index in [1.165, 1.54) is 23.1 Å². The van der Waals surface area contributed by atoms with Crippen molar-refractivity contribution in [2.45, 2.75) is 6.04 Å². The number of ketones is 1. The fraction of sp³-hybridized carbons (Fsp3) is 0.0370. The van der Waals surface area contributed by atoms with Crippen LogP contribution in [0.3, 0.4) is 0 Å². The molecule has 1 saturated heterocycles. The maximum Gasteiger partial charge on any atom is 0.300 e. The van der Waals surface area contributed by atoms with E-state index in [1.54, 1.807) is 42.5 Å². The van der Waals surface area contributed by atoms with E-state index in [-0.39, 0.29) is 17.0 Å². The van der Waals surface area contributed by atoms with Crippen LogP contribution >= 0.6 is 0 Å². The molecule has 1 heterocycles. The number of aliphatic hydroxyl groups excluding tert-OH is 1. The summed E-state index contributed by atoms with van der Waals surface area (Å²) >= 11 is 0. The minimum Gasteiger partial charge on any atom is -0.507 e. The summed E-state index contributed by atoms with van der Waals surface area (Å²) in [4.78, 5) is 27.6. The van der Waals surface area contributed by atoms with Crippen molar-refractivity contribution in [3.05, 3.63) is 120 Å². The first-order valence-electron chi connectivity index (χ1n) is 10.2. The first-order valence-corrected chi connectivity index (χ1v) is 10.2. The lowest BCUT2D eigenvalue weighted by molar-refractivity contribution is -0.132. The van der Waals surface area contributed by atoms with Crippen LogP contribution in [0.2, 0.25) is 0 Å². The highest BCUT2D eigenvalue weighted by Crippen LogP contribution is 2.42. The van der Waals surface area contributed by atoms with Crippen LogP contribution in [-0.4, -0.2) is 16.8 Å². The van der Waals surface area contributed by atoms with E-state index in [9.17, 15) is 19.1 Å². The van der Waals surface area contributed by atoms with Crippen molar-refractivity contribution in [1.82, 2.24) is 0 Å². The summed E-state index contributed by atoms with van der Waals surface area (Å²) in [6.45, 7) is 0. The molecule has 0 aliphatic carbocycles. The second-order valence-corrected chi connectivity index (χ2v) is 7.59. The first-order chi connectivity index (χ1) is 15.6. The van der Waals surface area contributed by atoms with Gasteiger partial charge in [-0.1, -0.05) is 78.9 Å². The molecule has 1 N–H and O–H groups in total. The van der Waals surface area contributed by atoms with Gasteiger partial charge in [-0.25, -0.2) is 4.39 Å². The Balaban J connectivity index is 1.78. The summed E-state index contributed by atoms with van der Waals surface area (Å²) in [5.74, 6) is -2.40. The number of Topliss-reactive ketones (excluding diaryl/α,β-unsaturated/α-hetero) is 1. The Bertz CT molecular complexity index is 1390. The number of anilines is 1. The van der Waals surface area contributed by atoms with E-state index in [0.717, 1.165) is 10.8 Å². The lowest BCUT2D eigenvalue weighted by atomic mass is 9.93. The third kappa shape index (κ3) is 3.15. The van der Waals surface area contributed by atoms with Crippen molar-refractivity contribution in [2.24, 2.45) is 0 Å². The topological polar surface area (TPSA) is 57.6 Å². The van der Waals surface area contributed by atoms with E-state index in [0.29, 0.717) is 11.1 Å². The predicted octanol–water partition coefficient (Wildman–Crippen LogP) is 5.61. The van der Waals surface area contributed by atoms with Gasteiger partial charge < -0.3 is 5.11 Å². The summed E-state index contributed by atoms with van der Waals surface area (Å²) < 4.78 is 14.0. The summed E-state index contributed by atoms with van der Waals surface area (Å²) in [7, 11) is 0. The van der Waals surface area contributed by atoms with Crippen molar-refractivity contribution < 1.29 is 19.1 Å². The minimum atomic E-state index is -0.892. The summed E-state index contributed by atoms with van der Waals surface area (Å²) in [6.07, 6.45) is 0. The summed E-state index contributed by atoms with van der Waals surface area (Å²) in [5, 5.41) is 13.0. The molecule has 4 nitrogen and oxygen atoms in total. The average molecular weight is 423 g/mol. The van der Waals surface area contributed by atoms with Crippen LogP contribution in [-0.2, 0) is 9.59 Å². The van der Waals surface area contributed by atoms with E-state index in [1.807, 2.05) is 36.4 Å². The Labute approximate surface area is 183 Å². The van der Waals surface area contributed by atoms with Crippen LogP contribution in [0.1, 0.15) is 17.2 Å². The van der Waals surface area contributed by atoms with E-state index in [4.69, 9.17) is 0 Å². The zero-order valence-electron chi connectivity index (χ0n) is 16.9. The molecule has 0 radical (unpaired) electrons. The number of hydrogen-bond donors (Lipinski definition) is 1. The molecule has 5 rings (SSSR count). The summed E-state index contributed by atoms with van der Waals surface area (Å²) in [6, 6.07) is 26.5. The minimum absolute atomic E-state index is 0.0261. The lowest BCUT2D eigenvalue weighted by Gasteiger charge is -2.25. The number of hydrogen-bond acceptors (Lipinski definition) is 3. The Hall–Kier alpha value is -4.25. The van der Waals surface area contributed by atoms with Crippen LogP contribution in [0.25, 0.3) is 16.5 Å². The van der Waals surface area contributed by atoms with Gasteiger partial charge in [0.15, 0.2) is 0 Å². The Morgan fingerprint density at radius 3 is 2.28 bits per heavy atom. The van der Waals surface area contributed by atoms with Crippen LogP contribution in [0.15, 0.2) is 103 Å². The zero-order chi connectivity index (χ0) is 22.2. The van der Waals surface area contributed by atoms with Gasteiger partial charge in [0, 0.05) is 11.3 Å². The maximum atomic E-state index is 14.0. The molecule has 1 aliphatic heterocycles. The Morgan fingerprint density at radius 1 is 0.812 bits per heavy atom. The number of nitrogens with zero attached hydrogens (tertiary/aromatic N) is 1. The molecule has 1 amide bonds. The standard InChI is InChI=1S/C27H18FNO3/c28-19-12-7-13-20(16-19)29-24(18-9-2-1-3-10-18)23(26(31)27(29)32)25(30)22-15-6-11-17-8-4-5-14-21(17)22/h1-16,24,30H/b25-23-. The summed E-state index contributed by atoms with van der Waals surface area (Å²) in [5.41, 5.74) is 1.32. The number of carbonyl (C=O) groups is 2. The molecule has 1 atom stereocenters. The molecule has 0 spiro atoms. The first kappa shape index (κ1) is 19.7. The van der Waals surface area contributed by atoms with Gasteiger partial charge >= 0.3 is 0 Å². The van der Waals surface area contributed by atoms with Gasteiger partial charge in [-0.15, -0.1) is 0 Å². The molecule has 0 bridgehead atoms. The molecule has 0 saturated carbocycles. The van der Waals surface area contributed by atoms with Crippen molar-refractivity contribution in [3.63, 3.8) is 0 Å². The number of halogens is 1. The van der Waals surface area contributed by atoms with Gasteiger partial charge in [0.1, 0.15) is 11.6 Å². The average Bonchev–Trinajstić information content (AvgIpc) is 3.09. The smallest absolute Gasteiger partial charge is 0.300 e. The van der Waals surface area contributed by atoms with E-state index >= 15 is 0 Å². The van der Waals surface area contributed by atoms with Crippen LogP contribution in [0, 0.1) is 5.82 Å². The molecule has 1 fully saturated rings. The second-order valence-electron chi connectivity index (χ2n) is 7.59. The fourth-order valence-corrected chi connectivity index (χ4v) is 4.25. The van der Waals surface area contributed by atoms with Gasteiger partial charge in [0.2, 0.25) is 0 Å². The number of amides is 1. The number of aliphatic hydroxyl groups is 1. The van der Waals surface area contributed by atoms with Gasteiger partial charge in [-0.05, 0) is 34.5 Å². The van der Waals surface area contributed by atoms with Crippen molar-refractivity contribution >= 4 is 33.9 Å². The highest BCUT2D eigenvalue weighted by Gasteiger charge is 2.47. The SMILES string of the molecule is O=C1C(=O)N(c2cccc(F)c2)C(c2ccccc2)/C1=C(/O)c1cccc2ccccc12. The van der Waals surface area contributed by atoms with Crippen LogP contribution in [0.4, 0.5) is 10.1 Å². The largest absolute Gasteiger partial charge is 0.507 e. The lowest BCUT2D eigenvalue weighted by Crippen LogP contribution is -2.29. The van der Waals surface area contributed by atoms with Crippen molar-refractivity contribution in [3.8, 4) is 0 Å². The molecule has 1 unspecified atom stereocenters. The molecule has 156 valence electrons. The number of fused-ring (bicyclic) bond motifs is 1. The van der Waals surface area contributed by atoms with Gasteiger partial charge in [-0.3, -0.25) is 14.5 Å². The number of rotatable bonds is 3. The van der Waals surface area contributed by atoms with Gasteiger partial charge in [0.05, 0.1) is 11.6 Å². The van der Waals surface area contributed by atoms with E-state index in [2.05, 4.69) is 0 Å². The maximum absolute atomic E-state index is 14.0. The zero-order valence-corrected chi connectivity index (χ0v) is 16.9. The molecule has 1 aliphatic rings. The second kappa shape index (κ2) is 7.78. The predicted molar refractivity (Wildman–Crippen MR) is 122 cm³/mol. The van der Waals surface area contributed by atoms with Crippen LogP contribution < -0.4 is 4.90 Å². The monoisotopic (exact) mass is 423 g/mol. The molecule has 0 aromatic heterocycles. The molecular weight excluding hydrogens is 405 g/mol. The molecule has 32 heavy (non-hydrogen) atoms. The third-order valence-corrected chi connectivity index (χ3v) is 5.69. The van der Waals surface area contributed by atoms with Crippen LogP contribution in [0.5, 0.6) is 0 Å². The quantitative estimate of drug-likeness (QED) is 0.265. The van der Waals surface area contributed by atoms with Crippen molar-refractivity contribution in [2.75, 3.05) is 4.90 Å². The number of benzene rings is 4. The van der Waals surface area contributed by atoms with E-state index < -0.39 is 23.5 Å². The normalized spacial score (nSPS) is 17.8. The Kier molecular flexibility index (Phi) is 4.79. The van der Waals surface area contributed by atoms with Gasteiger partial charge in [0.25, 0.3) is 11.7 Å². The third-order valence-electron chi connectivity index (χ3n) is 5.69. The molecular formula is C27H18FNO3. The molecule has 4 aromatic rings.